The van der Waals surface area contributed by atoms with Crippen molar-refractivity contribution < 1.29 is 0 Å². The van der Waals surface area contributed by atoms with Crippen LogP contribution in [-0.4, -0.2) is 54.1 Å². The third kappa shape index (κ3) is 4.59. The fourth-order valence-electron chi connectivity index (χ4n) is 3.19. The summed E-state index contributed by atoms with van der Waals surface area (Å²) in [6.45, 7) is 4.30. The fourth-order valence-corrected chi connectivity index (χ4v) is 3.19. The highest BCUT2D eigenvalue weighted by molar-refractivity contribution is 5.67. The standard InChI is InChI=1S/C21H25N7/c1-27-11-13-28(14-12-27)19-8-6-18(7-9-19)25-21-23-15-16(3-2-10-22)20(26-21)24-17-4-5-17/h2-3,6-9,15,17H,4-5,11-14H2,1H3,(H2,23,24,25,26)/b3-2+. The molecule has 1 aliphatic heterocycles. The van der Waals surface area contributed by atoms with Crippen molar-refractivity contribution in [2.45, 2.75) is 18.9 Å². The van der Waals surface area contributed by atoms with Crippen LogP contribution in [0.3, 0.4) is 0 Å². The summed E-state index contributed by atoms with van der Waals surface area (Å²) in [4.78, 5) is 13.8. The molecule has 144 valence electrons. The second-order valence-corrected chi connectivity index (χ2v) is 7.34. The zero-order valence-electron chi connectivity index (χ0n) is 16.1. The molecule has 2 heterocycles. The molecule has 4 rings (SSSR count). The molecule has 1 aromatic heterocycles. The number of piperazine rings is 1. The molecule has 0 unspecified atom stereocenters. The van der Waals surface area contributed by atoms with Gasteiger partial charge in [-0.3, -0.25) is 0 Å². The Morgan fingerprint density at radius 3 is 2.57 bits per heavy atom. The van der Waals surface area contributed by atoms with Gasteiger partial charge in [-0.2, -0.15) is 10.2 Å². The highest BCUT2D eigenvalue weighted by Gasteiger charge is 2.22. The number of rotatable bonds is 6. The SMILES string of the molecule is CN1CCN(c2ccc(Nc3ncc(/C=C/C#N)c(NC4CC4)n3)cc2)CC1. The summed E-state index contributed by atoms with van der Waals surface area (Å²) in [5, 5.41) is 15.5. The van der Waals surface area contributed by atoms with Gasteiger partial charge in [-0.25, -0.2) is 4.98 Å². The van der Waals surface area contributed by atoms with Crippen molar-refractivity contribution in [3.8, 4) is 6.07 Å². The molecule has 7 nitrogen and oxygen atoms in total. The molecule has 0 atom stereocenters. The highest BCUT2D eigenvalue weighted by atomic mass is 15.2. The summed E-state index contributed by atoms with van der Waals surface area (Å²) >= 11 is 0. The molecule has 2 fully saturated rings. The van der Waals surface area contributed by atoms with E-state index in [1.807, 2.05) is 6.07 Å². The average molecular weight is 375 g/mol. The topological polar surface area (TPSA) is 80.1 Å². The maximum Gasteiger partial charge on any atom is 0.229 e. The summed E-state index contributed by atoms with van der Waals surface area (Å²) in [6, 6.07) is 10.9. The normalized spacial score (nSPS) is 17.5. The Morgan fingerprint density at radius 1 is 1.14 bits per heavy atom. The zero-order valence-corrected chi connectivity index (χ0v) is 16.1. The Hall–Kier alpha value is -3.11. The van der Waals surface area contributed by atoms with Crippen LogP contribution in [0.25, 0.3) is 6.08 Å². The lowest BCUT2D eigenvalue weighted by Crippen LogP contribution is -2.44. The largest absolute Gasteiger partial charge is 0.369 e. The van der Waals surface area contributed by atoms with E-state index in [0.717, 1.165) is 56.1 Å². The van der Waals surface area contributed by atoms with E-state index in [4.69, 9.17) is 5.26 Å². The molecular formula is C21H25N7. The molecule has 28 heavy (non-hydrogen) atoms. The summed E-state index contributed by atoms with van der Waals surface area (Å²) in [5.41, 5.74) is 3.02. The van der Waals surface area contributed by atoms with Crippen molar-refractivity contribution >= 4 is 29.2 Å². The molecule has 0 amide bonds. The van der Waals surface area contributed by atoms with E-state index in [1.54, 1.807) is 12.3 Å². The van der Waals surface area contributed by atoms with Crippen LogP contribution in [0.4, 0.5) is 23.1 Å². The molecule has 1 aliphatic carbocycles. The molecular weight excluding hydrogens is 350 g/mol. The zero-order chi connectivity index (χ0) is 19.3. The fraction of sp³-hybridized carbons (Fsp3) is 0.381. The smallest absolute Gasteiger partial charge is 0.229 e. The number of benzene rings is 1. The Labute approximate surface area is 165 Å². The minimum absolute atomic E-state index is 0.472. The number of aromatic nitrogens is 2. The summed E-state index contributed by atoms with van der Waals surface area (Å²) in [5.74, 6) is 1.31. The predicted molar refractivity (Wildman–Crippen MR) is 113 cm³/mol. The summed E-state index contributed by atoms with van der Waals surface area (Å²) < 4.78 is 0. The molecule has 1 saturated carbocycles. The van der Waals surface area contributed by atoms with Crippen LogP contribution < -0.4 is 15.5 Å². The number of allylic oxidation sites excluding steroid dienone is 1. The molecule has 2 aliphatic rings. The van der Waals surface area contributed by atoms with Crippen LogP contribution in [0.15, 0.2) is 36.5 Å². The summed E-state index contributed by atoms with van der Waals surface area (Å²) in [7, 11) is 2.16. The van der Waals surface area contributed by atoms with E-state index < -0.39 is 0 Å². The maximum absolute atomic E-state index is 8.78. The first kappa shape index (κ1) is 18.3. The van der Waals surface area contributed by atoms with Crippen LogP contribution in [0.5, 0.6) is 0 Å². The molecule has 1 aromatic carbocycles. The third-order valence-corrected chi connectivity index (χ3v) is 5.06. The first-order valence-corrected chi connectivity index (χ1v) is 9.71. The van der Waals surface area contributed by atoms with E-state index in [1.165, 1.54) is 11.8 Å². The molecule has 7 heteroatoms. The van der Waals surface area contributed by atoms with Crippen molar-refractivity contribution in [1.82, 2.24) is 14.9 Å². The molecule has 2 aromatic rings. The van der Waals surface area contributed by atoms with Gasteiger partial charge in [-0.1, -0.05) is 0 Å². The van der Waals surface area contributed by atoms with E-state index in [0.29, 0.717) is 12.0 Å². The summed E-state index contributed by atoms with van der Waals surface area (Å²) in [6.07, 6.45) is 7.23. The highest BCUT2D eigenvalue weighted by Crippen LogP contribution is 2.27. The third-order valence-electron chi connectivity index (χ3n) is 5.06. The number of anilines is 4. The van der Waals surface area contributed by atoms with Gasteiger partial charge in [0.1, 0.15) is 5.82 Å². The number of nitrogens with zero attached hydrogens (tertiary/aromatic N) is 5. The number of likely N-dealkylation sites (N-methyl/N-ethyl adjacent to an activating group) is 1. The van der Waals surface area contributed by atoms with E-state index in [2.05, 4.69) is 61.7 Å². The Balaban J connectivity index is 1.46. The van der Waals surface area contributed by atoms with Crippen molar-refractivity contribution in [3.05, 3.63) is 42.1 Å². The van der Waals surface area contributed by atoms with E-state index >= 15 is 0 Å². The van der Waals surface area contributed by atoms with Crippen molar-refractivity contribution in [2.24, 2.45) is 0 Å². The lowest BCUT2D eigenvalue weighted by molar-refractivity contribution is 0.313. The van der Waals surface area contributed by atoms with Crippen molar-refractivity contribution in [2.75, 3.05) is 48.8 Å². The predicted octanol–water partition coefficient (Wildman–Crippen LogP) is 3.08. The molecule has 1 saturated heterocycles. The van der Waals surface area contributed by atoms with E-state index in [-0.39, 0.29) is 0 Å². The van der Waals surface area contributed by atoms with E-state index in [9.17, 15) is 0 Å². The van der Waals surface area contributed by atoms with Crippen LogP contribution >= 0.6 is 0 Å². The van der Waals surface area contributed by atoms with Crippen LogP contribution in [0.2, 0.25) is 0 Å². The first-order valence-electron chi connectivity index (χ1n) is 9.71. The molecule has 0 radical (unpaired) electrons. The monoisotopic (exact) mass is 375 g/mol. The van der Waals surface area contributed by atoms with Crippen molar-refractivity contribution in [3.63, 3.8) is 0 Å². The second-order valence-electron chi connectivity index (χ2n) is 7.34. The Kier molecular flexibility index (Phi) is 5.40. The van der Waals surface area contributed by atoms with Gasteiger partial charge in [0.15, 0.2) is 0 Å². The van der Waals surface area contributed by atoms with Crippen LogP contribution in [0.1, 0.15) is 18.4 Å². The van der Waals surface area contributed by atoms with Crippen molar-refractivity contribution in [1.29, 1.82) is 5.26 Å². The number of hydrogen-bond acceptors (Lipinski definition) is 7. The van der Waals surface area contributed by atoms with Gasteiger partial charge < -0.3 is 20.4 Å². The Bertz CT molecular complexity index is 873. The lowest BCUT2D eigenvalue weighted by Gasteiger charge is -2.34. The minimum atomic E-state index is 0.472. The number of nitriles is 1. The molecule has 0 bridgehead atoms. The van der Waals surface area contributed by atoms with Gasteiger partial charge in [0.2, 0.25) is 5.95 Å². The first-order chi connectivity index (χ1) is 13.7. The molecule has 2 N–H and O–H groups in total. The quantitative estimate of drug-likeness (QED) is 0.751. The second kappa shape index (κ2) is 8.28. The van der Waals surface area contributed by atoms with Gasteiger partial charge in [0.25, 0.3) is 0 Å². The number of nitrogens with one attached hydrogen (secondary N) is 2. The van der Waals surface area contributed by atoms with Gasteiger partial charge in [0, 0.05) is 61.4 Å². The molecule has 0 spiro atoms. The van der Waals surface area contributed by atoms with Gasteiger partial charge in [0.05, 0.1) is 6.07 Å². The minimum Gasteiger partial charge on any atom is -0.369 e. The number of hydrogen-bond donors (Lipinski definition) is 2. The van der Waals surface area contributed by atoms with Crippen LogP contribution in [-0.2, 0) is 0 Å². The van der Waals surface area contributed by atoms with Gasteiger partial charge in [-0.15, -0.1) is 0 Å². The average Bonchev–Trinajstić information content (AvgIpc) is 3.53. The maximum atomic E-state index is 8.78. The van der Waals surface area contributed by atoms with Crippen LogP contribution in [0, 0.1) is 11.3 Å². The van der Waals surface area contributed by atoms with Gasteiger partial charge in [-0.05, 0) is 50.2 Å². The van der Waals surface area contributed by atoms with Gasteiger partial charge >= 0.3 is 0 Å². The lowest BCUT2D eigenvalue weighted by atomic mass is 10.2. The Morgan fingerprint density at radius 2 is 1.89 bits per heavy atom.